The Labute approximate surface area is 196 Å². The molecule has 5 rings (SSSR count). The van der Waals surface area contributed by atoms with E-state index in [0.29, 0.717) is 5.39 Å². The third-order valence-electron chi connectivity index (χ3n) is 5.09. The minimum Gasteiger partial charge on any atom is -0.478 e. The normalized spacial score (nSPS) is 11.3. The van der Waals surface area contributed by atoms with Crippen LogP contribution >= 0.6 is 0 Å². The Balaban J connectivity index is 0.00000180. The van der Waals surface area contributed by atoms with Crippen LogP contribution in [0.5, 0.6) is 0 Å². The summed E-state index contributed by atoms with van der Waals surface area (Å²) in [5.74, 6) is -2.48. The molecule has 0 saturated heterocycles. The molecule has 2 N–H and O–H groups in total. The van der Waals surface area contributed by atoms with Gasteiger partial charge in [-0.1, -0.05) is 48.5 Å². The Morgan fingerprint density at radius 3 is 1.93 bits per heavy atom. The van der Waals surface area contributed by atoms with Crippen molar-refractivity contribution in [2.24, 2.45) is 0 Å². The number of aromatic carboxylic acids is 2. The van der Waals surface area contributed by atoms with Crippen molar-refractivity contribution in [1.82, 2.24) is 0 Å². The molecule has 5 heteroatoms. The first-order valence-corrected chi connectivity index (χ1v) is 8.16. The van der Waals surface area contributed by atoms with Crippen LogP contribution in [0.25, 0.3) is 43.1 Å². The van der Waals surface area contributed by atoms with Gasteiger partial charge in [0.2, 0.25) is 0 Å². The van der Waals surface area contributed by atoms with Gasteiger partial charge in [-0.2, -0.15) is 0 Å². The third-order valence-corrected chi connectivity index (χ3v) is 5.09. The Morgan fingerprint density at radius 1 is 0.630 bits per heavy atom. The third kappa shape index (κ3) is 2.58. The van der Waals surface area contributed by atoms with E-state index in [1.807, 2.05) is 30.3 Å². The zero-order valence-corrected chi connectivity index (χ0v) is 17.6. The molecule has 0 aromatic heterocycles. The van der Waals surface area contributed by atoms with Crippen molar-refractivity contribution in [1.29, 1.82) is 0 Å². The van der Waals surface area contributed by atoms with E-state index in [2.05, 4.69) is 12.1 Å². The van der Waals surface area contributed by atoms with Crippen molar-refractivity contribution in [2.45, 2.75) is 0 Å². The molecule has 0 fully saturated rings. The number of hydrogen-bond acceptors (Lipinski definition) is 2. The first kappa shape index (κ1) is 18.3. The van der Waals surface area contributed by atoms with Crippen LogP contribution in [0.2, 0.25) is 0 Å². The molecule has 5 aromatic carbocycles. The summed E-state index contributed by atoms with van der Waals surface area (Å²) in [4.78, 5) is 23.3. The number of carboxylic acids is 2. The molecule has 0 amide bonds. The summed E-state index contributed by atoms with van der Waals surface area (Å²) >= 11 is 0. The summed E-state index contributed by atoms with van der Waals surface area (Å²) in [5, 5.41) is 26.5. The van der Waals surface area contributed by atoms with Crippen molar-refractivity contribution >= 4 is 55.0 Å². The van der Waals surface area contributed by atoms with Crippen molar-refractivity contribution in [2.75, 3.05) is 0 Å². The van der Waals surface area contributed by atoms with Crippen molar-refractivity contribution in [3.8, 4) is 0 Å². The summed E-state index contributed by atoms with van der Waals surface area (Å²) in [7, 11) is 0. The van der Waals surface area contributed by atoms with Crippen molar-refractivity contribution in [3.63, 3.8) is 0 Å². The second-order valence-electron chi connectivity index (χ2n) is 6.43. The molecule has 0 aliphatic carbocycles. The average Bonchev–Trinajstić information content (AvgIpc) is 2.64. The van der Waals surface area contributed by atoms with Crippen LogP contribution < -0.4 is 51.4 Å². The van der Waals surface area contributed by atoms with Crippen LogP contribution in [0.3, 0.4) is 0 Å². The Bertz CT molecular complexity index is 1370. The molecule has 0 radical (unpaired) electrons. The molecule has 0 spiro atoms. The van der Waals surface area contributed by atoms with Crippen LogP contribution in [-0.2, 0) is 0 Å². The van der Waals surface area contributed by atoms with E-state index in [-0.39, 0.29) is 62.5 Å². The van der Waals surface area contributed by atoms with Gasteiger partial charge >= 0.3 is 63.3 Å². The number of fused-ring (bicyclic) bond motifs is 2. The zero-order valence-electron chi connectivity index (χ0n) is 14.5. The maximum atomic E-state index is 11.8. The standard InChI is InChI=1S/C22H12O4.K/c23-21(24)16-9-8-14-15-7-6-12-3-1-2-11-4-5-13(19(15)18(11)12)10-17(14)20(16)22(25)26;/h1-10H,(H,23,24)(H,25,26);/q;+1. The number of rotatable bonds is 2. The Hall–Kier alpha value is -2.02. The molecule has 0 bridgehead atoms. The van der Waals surface area contributed by atoms with Gasteiger partial charge in [0.15, 0.2) is 0 Å². The molecule has 0 heterocycles. The molecule has 0 atom stereocenters. The minimum atomic E-state index is -1.24. The smallest absolute Gasteiger partial charge is 0.478 e. The fourth-order valence-corrected chi connectivity index (χ4v) is 4.02. The van der Waals surface area contributed by atoms with Gasteiger partial charge < -0.3 is 10.2 Å². The zero-order chi connectivity index (χ0) is 18.0. The molecule has 0 aliphatic heterocycles. The largest absolute Gasteiger partial charge is 1.00 e. The maximum absolute atomic E-state index is 11.8. The van der Waals surface area contributed by atoms with Crippen molar-refractivity contribution < 1.29 is 71.2 Å². The average molecular weight is 379 g/mol. The number of carboxylic acid groups (broad SMARTS) is 2. The van der Waals surface area contributed by atoms with E-state index in [0.717, 1.165) is 37.7 Å². The van der Waals surface area contributed by atoms with Crippen LogP contribution in [0.15, 0.2) is 60.7 Å². The van der Waals surface area contributed by atoms with Gasteiger partial charge in [0, 0.05) is 0 Å². The monoisotopic (exact) mass is 379 g/mol. The predicted molar refractivity (Wildman–Crippen MR) is 102 cm³/mol. The topological polar surface area (TPSA) is 74.6 Å². The van der Waals surface area contributed by atoms with Crippen LogP contribution in [-0.4, -0.2) is 22.2 Å². The molecule has 5 aromatic rings. The molecule has 4 nitrogen and oxygen atoms in total. The SMILES string of the molecule is O=C(O)c1ccc2c(cc3ccc4cccc5ccc2c3c45)c1C(=O)O.[K+]. The fourth-order valence-electron chi connectivity index (χ4n) is 4.02. The number of hydrogen-bond donors (Lipinski definition) is 2. The van der Waals surface area contributed by atoms with E-state index >= 15 is 0 Å². The van der Waals surface area contributed by atoms with Crippen LogP contribution in [0, 0.1) is 0 Å². The van der Waals surface area contributed by atoms with Gasteiger partial charge in [-0.3, -0.25) is 0 Å². The molecular formula is C22H12KO4+. The first-order valence-electron chi connectivity index (χ1n) is 8.16. The van der Waals surface area contributed by atoms with Crippen LogP contribution in [0.4, 0.5) is 0 Å². The summed E-state index contributed by atoms with van der Waals surface area (Å²) < 4.78 is 0. The van der Waals surface area contributed by atoms with Gasteiger partial charge in [0.1, 0.15) is 0 Å². The van der Waals surface area contributed by atoms with Crippen molar-refractivity contribution in [3.05, 3.63) is 71.8 Å². The first-order chi connectivity index (χ1) is 12.6. The fraction of sp³-hybridized carbons (Fsp3) is 0. The Kier molecular flexibility index (Phi) is 4.45. The molecule has 0 aliphatic rings. The summed E-state index contributed by atoms with van der Waals surface area (Å²) in [6.07, 6.45) is 0. The van der Waals surface area contributed by atoms with E-state index in [4.69, 9.17) is 0 Å². The number of benzene rings is 5. The quantitative estimate of drug-likeness (QED) is 0.280. The minimum absolute atomic E-state index is 0. The van der Waals surface area contributed by atoms with Gasteiger partial charge in [-0.05, 0) is 55.2 Å². The maximum Gasteiger partial charge on any atom is 1.00 e. The summed E-state index contributed by atoms with van der Waals surface area (Å²) in [5.41, 5.74) is -0.363. The second kappa shape index (κ2) is 6.54. The van der Waals surface area contributed by atoms with E-state index < -0.39 is 11.9 Å². The van der Waals surface area contributed by atoms with E-state index in [1.54, 1.807) is 12.1 Å². The van der Waals surface area contributed by atoms with Crippen LogP contribution in [0.1, 0.15) is 20.7 Å². The molecule has 0 unspecified atom stereocenters. The van der Waals surface area contributed by atoms with E-state index in [9.17, 15) is 19.8 Å². The summed E-state index contributed by atoms with van der Waals surface area (Å²) in [6, 6.07) is 19.0. The molecule has 124 valence electrons. The second-order valence-corrected chi connectivity index (χ2v) is 6.43. The molecular weight excluding hydrogens is 367 g/mol. The number of carbonyl (C=O) groups is 2. The van der Waals surface area contributed by atoms with Gasteiger partial charge in [0.05, 0.1) is 11.1 Å². The predicted octanol–water partition coefficient (Wildman–Crippen LogP) is 2.14. The van der Waals surface area contributed by atoms with Gasteiger partial charge in [-0.15, -0.1) is 0 Å². The van der Waals surface area contributed by atoms with Gasteiger partial charge in [-0.25, -0.2) is 9.59 Å². The molecule has 0 saturated carbocycles. The van der Waals surface area contributed by atoms with Gasteiger partial charge in [0.25, 0.3) is 0 Å². The summed E-state index contributed by atoms with van der Waals surface area (Å²) in [6.45, 7) is 0. The van der Waals surface area contributed by atoms with E-state index in [1.165, 1.54) is 6.07 Å². The Morgan fingerprint density at radius 2 is 1.26 bits per heavy atom. The molecule has 27 heavy (non-hydrogen) atoms.